The molecule has 0 spiro atoms. The van der Waals surface area contributed by atoms with Gasteiger partial charge in [-0.25, -0.2) is 0 Å². The Bertz CT molecular complexity index is 907. The summed E-state index contributed by atoms with van der Waals surface area (Å²) >= 11 is 0. The molecule has 3 aliphatic rings. The maximum atomic E-state index is 10.6. The van der Waals surface area contributed by atoms with Crippen LogP contribution < -0.4 is 0 Å². The SMILES string of the molecule is O=CC(O)C(O)C(O)C(O)CO.OCC1OC(OC2C(CO)OC(OC3C(CO)OC(O)C(O)C3O)C(O)C2O)C(O)C(O)C1O.[AlH3].[H-].[H-].[Mg+2]. The fraction of sp³-hybridized carbons (Fsp3) is 0.958. The number of aliphatic hydroxyl groups excluding tert-OH is 16. The predicted octanol–water partition coefficient (Wildman–Crippen LogP) is -12.3. The Morgan fingerprint density at radius 3 is 1.44 bits per heavy atom. The predicted molar refractivity (Wildman–Crippen MR) is 156 cm³/mol. The second-order valence-corrected chi connectivity index (χ2v) is 10.7. The summed E-state index contributed by atoms with van der Waals surface area (Å²) in [6, 6.07) is 0. The number of ether oxygens (including phenoxy) is 5. The standard InChI is InChI=1S/C18H32O16.C6H12O6.Al.Mg.5H/c19-1-4-7(22)8(23)12(27)17(31-4)34-15-6(3-21)32-18(13(28)10(15)25)33-14-5(2-20)30-16(29)11(26)9(14)24;7-1-3(9)5(11)6(12)4(10)2-8;;;;;;;/h4-29H,1-3H2;1,3-6,8-12H,2H2;;;;;;;/q;;;+2;;;;2*-1. The molecular formula is C24H49AlMgO22. The van der Waals surface area contributed by atoms with Crippen molar-refractivity contribution in [3.05, 3.63) is 0 Å². The third kappa shape index (κ3) is 11.6. The number of hydrogen-bond donors (Lipinski definition) is 16. The summed E-state index contributed by atoms with van der Waals surface area (Å²) in [4.78, 5) is 9.90. The van der Waals surface area contributed by atoms with E-state index in [1.165, 1.54) is 0 Å². The molecule has 16 N–H and O–H groups in total. The van der Waals surface area contributed by atoms with E-state index >= 15 is 0 Å². The van der Waals surface area contributed by atoms with Crippen LogP contribution in [0.5, 0.6) is 0 Å². The molecule has 3 aliphatic heterocycles. The van der Waals surface area contributed by atoms with E-state index in [-0.39, 0.29) is 49.6 Å². The number of carbonyl (C=O) groups is 1. The van der Waals surface area contributed by atoms with E-state index in [9.17, 15) is 61.0 Å². The largest absolute Gasteiger partial charge is 2.00 e. The molecule has 22 nitrogen and oxygen atoms in total. The molecule has 3 rings (SSSR count). The zero-order valence-electron chi connectivity index (χ0n) is 26.7. The van der Waals surface area contributed by atoms with Crippen LogP contribution in [0, 0.1) is 0 Å². The van der Waals surface area contributed by atoms with Gasteiger partial charge in [-0.15, -0.1) is 0 Å². The van der Waals surface area contributed by atoms with E-state index in [4.69, 9.17) is 49.2 Å². The summed E-state index contributed by atoms with van der Waals surface area (Å²) in [5, 5.41) is 153. The minimum Gasteiger partial charge on any atom is -1.00 e. The average Bonchev–Trinajstić information content (AvgIpc) is 3.06. The van der Waals surface area contributed by atoms with Gasteiger partial charge >= 0.3 is 23.1 Å². The Hall–Kier alpha value is 0.129. The Morgan fingerprint density at radius 2 is 1.00 bits per heavy atom. The Balaban J connectivity index is -0.00000119. The van der Waals surface area contributed by atoms with Gasteiger partial charge in [0.05, 0.1) is 26.4 Å². The molecule has 0 amide bonds. The van der Waals surface area contributed by atoms with Crippen LogP contribution in [0.2, 0.25) is 0 Å². The molecule has 282 valence electrons. The van der Waals surface area contributed by atoms with Crippen molar-refractivity contribution in [3.63, 3.8) is 0 Å². The van der Waals surface area contributed by atoms with Crippen molar-refractivity contribution >= 4 is 46.7 Å². The van der Waals surface area contributed by atoms with E-state index < -0.39 is 143 Å². The third-order valence-corrected chi connectivity index (χ3v) is 7.51. The van der Waals surface area contributed by atoms with Gasteiger partial charge in [-0.2, -0.15) is 0 Å². The summed E-state index contributed by atoms with van der Waals surface area (Å²) in [6.07, 6.45) is -32.0. The summed E-state index contributed by atoms with van der Waals surface area (Å²) in [5.41, 5.74) is 0. The van der Waals surface area contributed by atoms with Gasteiger partial charge < -0.3 is 113 Å². The van der Waals surface area contributed by atoms with Crippen LogP contribution in [0.15, 0.2) is 0 Å². The fourth-order valence-corrected chi connectivity index (χ4v) is 4.68. The first-order valence-corrected chi connectivity index (χ1v) is 13.9. The Kier molecular flexibility index (Phi) is 22.3. The second-order valence-electron chi connectivity index (χ2n) is 10.7. The molecule has 19 unspecified atom stereocenters. The molecule has 3 saturated heterocycles. The van der Waals surface area contributed by atoms with E-state index in [1.54, 1.807) is 0 Å². The van der Waals surface area contributed by atoms with Crippen LogP contribution in [0.4, 0.5) is 0 Å². The summed E-state index contributed by atoms with van der Waals surface area (Å²) in [5.74, 6) is 0. The van der Waals surface area contributed by atoms with Crippen molar-refractivity contribution < 1.29 is 113 Å². The summed E-state index contributed by atoms with van der Waals surface area (Å²) < 4.78 is 26.4. The molecule has 19 atom stereocenters. The van der Waals surface area contributed by atoms with Crippen molar-refractivity contribution in [1.29, 1.82) is 0 Å². The van der Waals surface area contributed by atoms with Crippen molar-refractivity contribution in [1.82, 2.24) is 0 Å². The van der Waals surface area contributed by atoms with Gasteiger partial charge in [-0.1, -0.05) is 0 Å². The molecule has 0 aliphatic carbocycles. The smallest absolute Gasteiger partial charge is 1.00 e. The van der Waals surface area contributed by atoms with Gasteiger partial charge in [0.25, 0.3) is 0 Å². The maximum Gasteiger partial charge on any atom is 2.00 e. The zero-order chi connectivity index (χ0) is 35.0. The van der Waals surface area contributed by atoms with E-state index in [1.807, 2.05) is 0 Å². The Morgan fingerprint density at radius 1 is 0.583 bits per heavy atom. The molecule has 3 fully saturated rings. The van der Waals surface area contributed by atoms with Crippen LogP contribution in [0.1, 0.15) is 2.85 Å². The summed E-state index contributed by atoms with van der Waals surface area (Å²) in [6.45, 7) is -3.08. The van der Waals surface area contributed by atoms with Crippen molar-refractivity contribution in [2.45, 2.75) is 117 Å². The molecule has 0 radical (unpaired) electrons. The molecule has 0 bridgehead atoms. The van der Waals surface area contributed by atoms with Gasteiger partial charge in [0, 0.05) is 0 Å². The molecular weight excluding hydrogens is 692 g/mol. The third-order valence-electron chi connectivity index (χ3n) is 7.51. The van der Waals surface area contributed by atoms with Crippen molar-refractivity contribution in [2.75, 3.05) is 26.4 Å². The van der Waals surface area contributed by atoms with Crippen LogP contribution in [-0.2, 0) is 28.5 Å². The van der Waals surface area contributed by atoms with Crippen molar-refractivity contribution in [3.8, 4) is 0 Å². The van der Waals surface area contributed by atoms with Gasteiger partial charge in [0.1, 0.15) is 97.7 Å². The fourth-order valence-electron chi connectivity index (χ4n) is 4.68. The van der Waals surface area contributed by atoms with Gasteiger partial charge in [0.15, 0.2) is 42.5 Å². The molecule has 0 saturated carbocycles. The van der Waals surface area contributed by atoms with E-state index in [0.717, 1.165) is 0 Å². The number of hydrogen-bond acceptors (Lipinski definition) is 22. The number of aliphatic hydroxyl groups is 16. The molecule has 24 heteroatoms. The van der Waals surface area contributed by atoms with Gasteiger partial charge in [0.2, 0.25) is 0 Å². The van der Waals surface area contributed by atoms with Gasteiger partial charge in [-0.3, -0.25) is 0 Å². The Labute approximate surface area is 302 Å². The first kappa shape index (κ1) is 48.1. The van der Waals surface area contributed by atoms with E-state index in [2.05, 4.69) is 0 Å². The quantitative estimate of drug-likeness (QED) is 0.0652. The van der Waals surface area contributed by atoms with Crippen LogP contribution in [0.3, 0.4) is 0 Å². The molecule has 3 heterocycles. The molecule has 0 aromatic heterocycles. The topological polar surface area (TPSA) is 387 Å². The number of aldehydes is 1. The monoisotopic (exact) mass is 740 g/mol. The number of carbonyl (C=O) groups excluding carboxylic acids is 1. The molecule has 48 heavy (non-hydrogen) atoms. The maximum absolute atomic E-state index is 10.6. The average molecular weight is 741 g/mol. The van der Waals surface area contributed by atoms with Crippen LogP contribution in [-0.4, -0.2) is 271 Å². The minimum atomic E-state index is -1.91. The van der Waals surface area contributed by atoms with Crippen LogP contribution >= 0.6 is 0 Å². The second kappa shape index (κ2) is 22.3. The minimum absolute atomic E-state index is 0. The first-order chi connectivity index (χ1) is 21.6. The van der Waals surface area contributed by atoms with Crippen molar-refractivity contribution in [2.24, 2.45) is 0 Å². The molecule has 0 aromatic rings. The van der Waals surface area contributed by atoms with Crippen LogP contribution in [0.25, 0.3) is 0 Å². The molecule has 0 aromatic carbocycles. The number of rotatable bonds is 12. The van der Waals surface area contributed by atoms with Gasteiger partial charge in [-0.05, 0) is 0 Å². The first-order valence-electron chi connectivity index (χ1n) is 13.9. The summed E-state index contributed by atoms with van der Waals surface area (Å²) in [7, 11) is 0. The normalized spacial score (nSPS) is 42.5. The van der Waals surface area contributed by atoms with E-state index in [0.29, 0.717) is 0 Å². The zero-order valence-corrected chi connectivity index (χ0v) is 26.1.